The second-order valence-corrected chi connectivity index (χ2v) is 10.3. The van der Waals surface area contributed by atoms with Gasteiger partial charge in [-0.05, 0) is 67.6 Å². The number of esters is 1. The number of amides is 1. The van der Waals surface area contributed by atoms with E-state index in [4.69, 9.17) is 19.2 Å². The van der Waals surface area contributed by atoms with Gasteiger partial charge in [0.1, 0.15) is 5.92 Å². The highest BCUT2D eigenvalue weighted by molar-refractivity contribution is 6.24. The van der Waals surface area contributed by atoms with E-state index < -0.39 is 11.9 Å². The fraction of sp³-hybridized carbons (Fsp3) is 0.323. The number of hydrogen-bond acceptors (Lipinski definition) is 8. The van der Waals surface area contributed by atoms with Crippen LogP contribution >= 0.6 is 0 Å². The van der Waals surface area contributed by atoms with Crippen LogP contribution in [0.5, 0.6) is 11.5 Å². The van der Waals surface area contributed by atoms with Crippen molar-refractivity contribution in [3.63, 3.8) is 0 Å². The molecule has 1 saturated heterocycles. The number of carbonyl (C=O) groups excluding carboxylic acids is 2. The lowest BCUT2D eigenvalue weighted by molar-refractivity contribution is -0.115. The first-order valence-electron chi connectivity index (χ1n) is 13.6. The minimum atomic E-state index is -0.670. The largest absolute Gasteiger partial charge is 0.462 e. The normalized spacial score (nSPS) is 18.9. The van der Waals surface area contributed by atoms with Gasteiger partial charge in [-0.15, -0.1) is 0 Å². The quantitative estimate of drug-likeness (QED) is 0.355. The van der Waals surface area contributed by atoms with Crippen molar-refractivity contribution in [3.8, 4) is 11.5 Å². The van der Waals surface area contributed by atoms with Gasteiger partial charge in [0, 0.05) is 44.0 Å². The number of benzene rings is 3. The molecule has 9 heteroatoms. The molecule has 1 unspecified atom stereocenters. The molecule has 0 aromatic heterocycles. The molecule has 3 aromatic rings. The van der Waals surface area contributed by atoms with Crippen molar-refractivity contribution >= 4 is 29.0 Å². The lowest BCUT2D eigenvalue weighted by Gasteiger charge is -2.32. The maximum atomic E-state index is 13.4. The smallest absolute Gasteiger partial charge is 0.338 e. The molecule has 206 valence electrons. The molecule has 3 heterocycles. The summed E-state index contributed by atoms with van der Waals surface area (Å²) in [5.74, 6) is -0.0317. The molecule has 0 aliphatic carbocycles. The van der Waals surface area contributed by atoms with Crippen LogP contribution in [0.15, 0.2) is 65.7 Å². The Labute approximate surface area is 233 Å². The lowest BCUT2D eigenvalue weighted by atomic mass is 9.90. The van der Waals surface area contributed by atoms with Crippen LogP contribution < -0.4 is 14.8 Å². The summed E-state index contributed by atoms with van der Waals surface area (Å²) < 4.78 is 16.3. The van der Waals surface area contributed by atoms with Crippen LogP contribution in [0.3, 0.4) is 0 Å². The Morgan fingerprint density at radius 2 is 1.73 bits per heavy atom. The number of piperazine rings is 1. The number of carbonyl (C=O) groups is 2. The summed E-state index contributed by atoms with van der Waals surface area (Å²) >= 11 is 0. The molecule has 1 N–H and O–H groups in total. The minimum Gasteiger partial charge on any atom is -0.462 e. The maximum Gasteiger partial charge on any atom is 0.338 e. The molecule has 40 heavy (non-hydrogen) atoms. The SMILES string of the molecule is CCOC(=O)c1ccc2c(c1)NC(=O)C2C(=Nc1ccc(CN2CCN(C)CC2)cc1)c1ccc2c(c1)OCO2. The number of rotatable bonds is 7. The first-order valence-corrected chi connectivity index (χ1v) is 13.6. The zero-order chi connectivity index (χ0) is 27.6. The number of ether oxygens (including phenoxy) is 3. The van der Waals surface area contributed by atoms with Crippen LogP contribution in [0, 0.1) is 0 Å². The van der Waals surface area contributed by atoms with E-state index >= 15 is 0 Å². The second kappa shape index (κ2) is 11.1. The number of anilines is 1. The van der Waals surface area contributed by atoms with Gasteiger partial charge < -0.3 is 24.4 Å². The van der Waals surface area contributed by atoms with Crippen molar-refractivity contribution in [2.24, 2.45) is 4.99 Å². The standard InChI is InChI=1S/C31H32N4O5/c1-3-38-31(37)22-6-10-24-25(16-22)33-30(36)28(24)29(21-7-11-26-27(17-21)40-19-39-26)32-23-8-4-20(5-9-23)18-35-14-12-34(2)13-15-35/h4-11,16-17,28H,3,12-15,18-19H2,1-2H3,(H,33,36). The Morgan fingerprint density at radius 3 is 2.50 bits per heavy atom. The van der Waals surface area contributed by atoms with Gasteiger partial charge in [-0.2, -0.15) is 0 Å². The van der Waals surface area contributed by atoms with E-state index in [2.05, 4.69) is 34.3 Å². The molecule has 1 fully saturated rings. The summed E-state index contributed by atoms with van der Waals surface area (Å²) in [4.78, 5) is 35.5. The molecule has 0 saturated carbocycles. The molecule has 3 aliphatic heterocycles. The van der Waals surface area contributed by atoms with Gasteiger partial charge in [-0.1, -0.05) is 18.2 Å². The van der Waals surface area contributed by atoms with Crippen molar-refractivity contribution in [2.45, 2.75) is 19.4 Å². The van der Waals surface area contributed by atoms with Crippen LogP contribution in [0.4, 0.5) is 11.4 Å². The monoisotopic (exact) mass is 540 g/mol. The van der Waals surface area contributed by atoms with Crippen LogP contribution in [0.1, 0.15) is 39.9 Å². The van der Waals surface area contributed by atoms with Gasteiger partial charge in [0.25, 0.3) is 0 Å². The second-order valence-electron chi connectivity index (χ2n) is 10.3. The van der Waals surface area contributed by atoms with Crippen molar-refractivity contribution in [1.29, 1.82) is 0 Å². The van der Waals surface area contributed by atoms with Gasteiger partial charge in [0.2, 0.25) is 12.7 Å². The highest BCUT2D eigenvalue weighted by Crippen LogP contribution is 2.39. The number of nitrogens with one attached hydrogen (secondary N) is 1. The van der Waals surface area contributed by atoms with Crippen molar-refractivity contribution in [3.05, 3.63) is 82.9 Å². The van der Waals surface area contributed by atoms with E-state index in [0.29, 0.717) is 28.5 Å². The first-order chi connectivity index (χ1) is 19.5. The average Bonchev–Trinajstić information content (AvgIpc) is 3.56. The van der Waals surface area contributed by atoms with Crippen LogP contribution in [0.25, 0.3) is 0 Å². The third kappa shape index (κ3) is 5.30. The van der Waals surface area contributed by atoms with E-state index in [1.807, 2.05) is 30.3 Å². The van der Waals surface area contributed by atoms with E-state index in [9.17, 15) is 9.59 Å². The number of nitrogens with zero attached hydrogens (tertiary/aromatic N) is 3. The van der Waals surface area contributed by atoms with Gasteiger partial charge in [0.15, 0.2) is 11.5 Å². The summed E-state index contributed by atoms with van der Waals surface area (Å²) in [6.45, 7) is 7.35. The number of aliphatic imine (C=N–C) groups is 1. The Bertz CT molecular complexity index is 1460. The highest BCUT2D eigenvalue weighted by atomic mass is 16.7. The van der Waals surface area contributed by atoms with Crippen molar-refractivity contribution in [2.75, 3.05) is 51.9 Å². The number of hydrogen-bond donors (Lipinski definition) is 1. The number of likely N-dealkylation sites (N-methyl/N-ethyl adjacent to an activating group) is 1. The summed E-state index contributed by atoms with van der Waals surface area (Å²) in [6, 6.07) is 18.9. The van der Waals surface area contributed by atoms with Gasteiger partial charge in [0.05, 0.1) is 23.6 Å². The number of fused-ring (bicyclic) bond motifs is 2. The molecule has 3 aromatic carbocycles. The molecular weight excluding hydrogens is 508 g/mol. The molecule has 0 bridgehead atoms. The fourth-order valence-electron chi connectivity index (χ4n) is 5.31. The third-order valence-electron chi connectivity index (χ3n) is 7.53. The molecule has 1 atom stereocenters. The maximum absolute atomic E-state index is 13.4. The van der Waals surface area contributed by atoms with Crippen LogP contribution in [0.2, 0.25) is 0 Å². The van der Waals surface area contributed by atoms with E-state index in [-0.39, 0.29) is 19.3 Å². The van der Waals surface area contributed by atoms with Crippen molar-refractivity contribution in [1.82, 2.24) is 9.80 Å². The minimum absolute atomic E-state index is 0.156. The third-order valence-corrected chi connectivity index (χ3v) is 7.53. The first kappa shape index (κ1) is 26.0. The average molecular weight is 541 g/mol. The van der Waals surface area contributed by atoms with E-state index in [1.165, 1.54) is 5.56 Å². The van der Waals surface area contributed by atoms with Gasteiger partial charge in [-0.25, -0.2) is 4.79 Å². The molecule has 0 spiro atoms. The van der Waals surface area contributed by atoms with Crippen molar-refractivity contribution < 1.29 is 23.8 Å². The molecule has 1 amide bonds. The van der Waals surface area contributed by atoms with Crippen LogP contribution in [-0.4, -0.2) is 74.0 Å². The van der Waals surface area contributed by atoms with Gasteiger partial charge >= 0.3 is 5.97 Å². The Kier molecular flexibility index (Phi) is 7.23. The summed E-state index contributed by atoms with van der Waals surface area (Å²) in [5, 5.41) is 2.94. The van der Waals surface area contributed by atoms with Crippen LogP contribution in [-0.2, 0) is 16.1 Å². The predicted octanol–water partition coefficient (Wildman–Crippen LogP) is 4.20. The highest BCUT2D eigenvalue weighted by Gasteiger charge is 2.36. The zero-order valence-electron chi connectivity index (χ0n) is 22.7. The Hall–Kier alpha value is -4.21. The van der Waals surface area contributed by atoms with Gasteiger partial charge in [-0.3, -0.25) is 14.7 Å². The molecule has 9 nitrogen and oxygen atoms in total. The molecule has 3 aliphatic rings. The topological polar surface area (TPSA) is 92.7 Å². The predicted molar refractivity (Wildman–Crippen MR) is 152 cm³/mol. The van der Waals surface area contributed by atoms with E-state index in [0.717, 1.165) is 49.5 Å². The Morgan fingerprint density at radius 1 is 0.975 bits per heavy atom. The fourth-order valence-corrected chi connectivity index (χ4v) is 5.31. The zero-order valence-corrected chi connectivity index (χ0v) is 22.7. The van der Waals surface area contributed by atoms with E-state index in [1.54, 1.807) is 25.1 Å². The molecular formula is C31H32N4O5. The lowest BCUT2D eigenvalue weighted by Crippen LogP contribution is -2.43. The molecule has 0 radical (unpaired) electrons. The summed E-state index contributed by atoms with van der Waals surface area (Å²) in [7, 11) is 2.16. The Balaban J connectivity index is 1.33. The summed E-state index contributed by atoms with van der Waals surface area (Å²) in [5.41, 5.74) is 5.04. The molecule has 6 rings (SSSR count). The summed E-state index contributed by atoms with van der Waals surface area (Å²) in [6.07, 6.45) is 0.